The highest BCUT2D eigenvalue weighted by atomic mass is 19.1. The number of hydrogen-bond donors (Lipinski definition) is 2. The van der Waals surface area contributed by atoms with Crippen molar-refractivity contribution in [1.82, 2.24) is 19.9 Å². The van der Waals surface area contributed by atoms with Crippen LogP contribution in [-0.2, 0) is 4.79 Å². The lowest BCUT2D eigenvalue weighted by atomic mass is 10.2. The number of H-pyrrole nitrogens is 1. The van der Waals surface area contributed by atoms with Gasteiger partial charge in [0.25, 0.3) is 0 Å². The maximum atomic E-state index is 13.7. The van der Waals surface area contributed by atoms with Gasteiger partial charge in [-0.3, -0.25) is 4.79 Å². The van der Waals surface area contributed by atoms with Gasteiger partial charge in [0.15, 0.2) is 11.5 Å². The summed E-state index contributed by atoms with van der Waals surface area (Å²) in [5.41, 5.74) is 7.52. The van der Waals surface area contributed by atoms with Gasteiger partial charge in [0.2, 0.25) is 5.91 Å². The Labute approximate surface area is 129 Å². The van der Waals surface area contributed by atoms with E-state index in [9.17, 15) is 9.18 Å². The number of nitrogens with one attached hydrogen (secondary N) is 1. The van der Waals surface area contributed by atoms with Gasteiger partial charge in [-0.1, -0.05) is 6.57 Å². The Hall–Kier alpha value is -3.60. The molecule has 8 heteroatoms. The van der Waals surface area contributed by atoms with Crippen LogP contribution in [0.25, 0.3) is 33.3 Å². The molecule has 0 aliphatic heterocycles. The van der Waals surface area contributed by atoms with E-state index < -0.39 is 11.7 Å². The molecule has 3 aromatic heterocycles. The molecule has 0 spiro atoms. The minimum Gasteiger partial charge on any atom is -0.366 e. The average Bonchev–Trinajstić information content (AvgIpc) is 2.95. The van der Waals surface area contributed by atoms with E-state index in [2.05, 4.69) is 24.8 Å². The number of nitrogens with two attached hydrogens (primary N) is 1. The maximum absolute atomic E-state index is 13.7. The zero-order valence-electron chi connectivity index (χ0n) is 11.6. The normalized spacial score (nSPS) is 11.0. The number of nitrogens with zero attached hydrogens (tertiary/aromatic N) is 4. The highest BCUT2D eigenvalue weighted by Gasteiger charge is 2.11. The number of carbonyl (C=O) groups is 1. The monoisotopic (exact) mass is 308 g/mol. The van der Waals surface area contributed by atoms with Crippen LogP contribution in [0.15, 0.2) is 30.7 Å². The number of primary amides is 1. The molecule has 0 aromatic carbocycles. The van der Waals surface area contributed by atoms with E-state index in [0.29, 0.717) is 28.0 Å². The smallest absolute Gasteiger partial charge is 0.305 e. The molecular formula is C15H9FN6O. The van der Waals surface area contributed by atoms with E-state index in [4.69, 9.17) is 12.3 Å². The van der Waals surface area contributed by atoms with Crippen molar-refractivity contribution in [2.45, 2.75) is 0 Å². The molecule has 0 aliphatic rings. The molecule has 3 aromatic rings. The summed E-state index contributed by atoms with van der Waals surface area (Å²) in [6.07, 6.45) is 7.18. The molecule has 0 saturated carbocycles. The Balaban J connectivity index is 2.09. The first kappa shape index (κ1) is 14.3. The second-order valence-corrected chi connectivity index (χ2v) is 4.57. The molecular weight excluding hydrogens is 299 g/mol. The third kappa shape index (κ3) is 2.75. The third-order valence-corrected chi connectivity index (χ3v) is 3.06. The van der Waals surface area contributed by atoms with Crippen LogP contribution in [0.4, 0.5) is 10.2 Å². The molecule has 0 unspecified atom stereocenters. The Kier molecular flexibility index (Phi) is 3.52. The SMILES string of the molecule is [C-]#[N+]c1ncc(-c2cnc3[nH]cc(/C=C/C(N)=O)c3n2)cc1F. The first-order chi connectivity index (χ1) is 11.1. The number of aromatic amines is 1. The predicted molar refractivity (Wildman–Crippen MR) is 81.6 cm³/mol. The summed E-state index contributed by atoms with van der Waals surface area (Å²) in [4.78, 5) is 29.1. The van der Waals surface area contributed by atoms with E-state index in [1.807, 2.05) is 0 Å². The summed E-state index contributed by atoms with van der Waals surface area (Å²) in [6.45, 7) is 6.80. The van der Waals surface area contributed by atoms with Crippen molar-refractivity contribution < 1.29 is 9.18 Å². The molecule has 0 bridgehead atoms. The van der Waals surface area contributed by atoms with Gasteiger partial charge >= 0.3 is 5.82 Å². The van der Waals surface area contributed by atoms with Gasteiger partial charge in [-0.2, -0.15) is 0 Å². The molecule has 7 nitrogen and oxygen atoms in total. The van der Waals surface area contributed by atoms with Gasteiger partial charge in [-0.25, -0.2) is 14.4 Å². The van der Waals surface area contributed by atoms with Crippen LogP contribution in [0.2, 0.25) is 0 Å². The van der Waals surface area contributed by atoms with Crippen LogP contribution in [0, 0.1) is 12.4 Å². The third-order valence-electron chi connectivity index (χ3n) is 3.06. The van der Waals surface area contributed by atoms with Crippen molar-refractivity contribution in [3.8, 4) is 11.3 Å². The fourth-order valence-corrected chi connectivity index (χ4v) is 2.00. The van der Waals surface area contributed by atoms with E-state index in [-0.39, 0.29) is 5.82 Å². The molecule has 0 aliphatic carbocycles. The van der Waals surface area contributed by atoms with Crippen molar-refractivity contribution >= 4 is 29.0 Å². The van der Waals surface area contributed by atoms with E-state index in [0.717, 1.165) is 0 Å². The average molecular weight is 308 g/mol. The number of halogens is 1. The molecule has 3 heterocycles. The fraction of sp³-hybridized carbons (Fsp3) is 0. The highest BCUT2D eigenvalue weighted by molar-refractivity contribution is 5.93. The summed E-state index contributed by atoms with van der Waals surface area (Å²) in [7, 11) is 0. The van der Waals surface area contributed by atoms with Gasteiger partial charge in [-0.05, 0) is 12.1 Å². The number of pyridine rings is 1. The number of carbonyl (C=O) groups excluding carboxylic acids is 1. The van der Waals surface area contributed by atoms with Crippen molar-refractivity contribution in [3.05, 3.63) is 53.5 Å². The largest absolute Gasteiger partial charge is 0.366 e. The molecule has 3 N–H and O–H groups in total. The molecule has 1 amide bonds. The quantitative estimate of drug-likeness (QED) is 0.572. The maximum Gasteiger partial charge on any atom is 0.305 e. The highest BCUT2D eigenvalue weighted by Crippen LogP contribution is 2.24. The van der Waals surface area contributed by atoms with Crippen LogP contribution >= 0.6 is 0 Å². The number of hydrogen-bond acceptors (Lipinski definition) is 4. The summed E-state index contributed by atoms with van der Waals surface area (Å²) in [6, 6.07) is 1.18. The van der Waals surface area contributed by atoms with Crippen LogP contribution < -0.4 is 5.73 Å². The topological polar surface area (TPSA) is 102 Å². The molecule has 0 radical (unpaired) electrons. The number of rotatable bonds is 3. The molecule has 0 fully saturated rings. The fourth-order valence-electron chi connectivity index (χ4n) is 2.00. The van der Waals surface area contributed by atoms with Crippen molar-refractivity contribution in [1.29, 1.82) is 0 Å². The summed E-state index contributed by atoms with van der Waals surface area (Å²) < 4.78 is 13.7. The molecule has 112 valence electrons. The predicted octanol–water partition coefficient (Wildman–Crippen LogP) is 2.21. The van der Waals surface area contributed by atoms with Crippen molar-refractivity contribution in [2.24, 2.45) is 5.73 Å². The lowest BCUT2D eigenvalue weighted by Gasteiger charge is -2.00. The molecule has 3 rings (SSSR count). The zero-order valence-corrected chi connectivity index (χ0v) is 11.6. The van der Waals surface area contributed by atoms with E-state index >= 15 is 0 Å². The van der Waals surface area contributed by atoms with Gasteiger partial charge in [0.05, 0.1) is 11.9 Å². The van der Waals surface area contributed by atoms with E-state index in [1.165, 1.54) is 30.6 Å². The van der Waals surface area contributed by atoms with Crippen molar-refractivity contribution in [2.75, 3.05) is 0 Å². The first-order valence-electron chi connectivity index (χ1n) is 6.43. The van der Waals surface area contributed by atoms with Gasteiger partial charge < -0.3 is 15.6 Å². The second kappa shape index (κ2) is 5.65. The molecule has 0 atom stereocenters. The number of aromatic nitrogens is 4. The minimum atomic E-state index is -0.720. The van der Waals surface area contributed by atoms with Gasteiger partial charge in [-0.15, -0.1) is 4.98 Å². The Bertz CT molecular complexity index is 985. The Morgan fingerprint density at radius 2 is 2.22 bits per heavy atom. The second-order valence-electron chi connectivity index (χ2n) is 4.57. The van der Waals surface area contributed by atoms with Crippen LogP contribution in [0.5, 0.6) is 0 Å². The molecule has 23 heavy (non-hydrogen) atoms. The number of fused-ring (bicyclic) bond motifs is 1. The molecule has 0 saturated heterocycles. The standard InChI is InChI=1S/C15H9FN6O/c1-18-14-10(16)4-9(6-19-14)11-7-21-15-13(22-11)8(5-20-15)2-3-12(17)23/h2-7H,(H2,17,23)(H,20,21)/b3-2+. The van der Waals surface area contributed by atoms with Crippen LogP contribution in [0.1, 0.15) is 5.56 Å². The first-order valence-corrected chi connectivity index (χ1v) is 6.43. The summed E-state index contributed by atoms with van der Waals surface area (Å²) >= 11 is 0. The van der Waals surface area contributed by atoms with E-state index in [1.54, 1.807) is 6.20 Å². The van der Waals surface area contributed by atoms with Gasteiger partial charge in [0.1, 0.15) is 11.7 Å². The van der Waals surface area contributed by atoms with Crippen molar-refractivity contribution in [3.63, 3.8) is 0 Å². The van der Waals surface area contributed by atoms with Crippen LogP contribution in [0.3, 0.4) is 0 Å². The lowest BCUT2D eigenvalue weighted by molar-refractivity contribution is -0.113. The Morgan fingerprint density at radius 1 is 1.39 bits per heavy atom. The van der Waals surface area contributed by atoms with Crippen LogP contribution in [-0.4, -0.2) is 25.8 Å². The Morgan fingerprint density at radius 3 is 2.91 bits per heavy atom. The summed E-state index contributed by atoms with van der Waals surface area (Å²) in [5, 5.41) is 0. The summed E-state index contributed by atoms with van der Waals surface area (Å²) in [5.74, 6) is -1.60. The lowest BCUT2D eigenvalue weighted by Crippen LogP contribution is -2.05. The number of amides is 1. The van der Waals surface area contributed by atoms with Gasteiger partial charge in [0, 0.05) is 23.4 Å². The minimum absolute atomic E-state index is 0.297. The zero-order chi connectivity index (χ0) is 16.4.